The first-order valence-electron chi connectivity index (χ1n) is 12.0. The summed E-state index contributed by atoms with van der Waals surface area (Å²) in [5.41, 5.74) is 1.51. The monoisotopic (exact) mass is 487 g/mol. The van der Waals surface area contributed by atoms with Crippen LogP contribution in [0, 0.1) is 11.6 Å². The lowest BCUT2D eigenvalue weighted by molar-refractivity contribution is -0.131. The highest BCUT2D eigenvalue weighted by atomic mass is 19.2. The maximum Gasteiger partial charge on any atom is 0.231 e. The molecule has 9 heteroatoms. The molecule has 2 aliphatic rings. The van der Waals surface area contributed by atoms with Crippen molar-refractivity contribution in [3.8, 4) is 11.5 Å². The van der Waals surface area contributed by atoms with Crippen LogP contribution in [0.15, 0.2) is 30.3 Å². The molecule has 7 nitrogen and oxygen atoms in total. The third-order valence-electron chi connectivity index (χ3n) is 6.41. The fourth-order valence-corrected chi connectivity index (χ4v) is 4.50. The zero-order valence-corrected chi connectivity index (χ0v) is 20.2. The van der Waals surface area contributed by atoms with Crippen LogP contribution in [0.5, 0.6) is 11.5 Å². The van der Waals surface area contributed by atoms with Gasteiger partial charge in [-0.05, 0) is 62.3 Å². The zero-order valence-electron chi connectivity index (χ0n) is 20.2. The summed E-state index contributed by atoms with van der Waals surface area (Å²) in [6.07, 6.45) is 1.80. The summed E-state index contributed by atoms with van der Waals surface area (Å²) < 4.78 is 39.4. The Hall–Kier alpha value is -3.20. The Morgan fingerprint density at radius 2 is 1.63 bits per heavy atom. The Kier molecular flexibility index (Phi) is 7.85. The molecular formula is C26H31F2N3O4. The molecule has 2 aliphatic heterocycles. The molecule has 4 rings (SSSR count). The Labute approximate surface area is 204 Å². The van der Waals surface area contributed by atoms with Gasteiger partial charge in [0, 0.05) is 32.1 Å². The van der Waals surface area contributed by atoms with Crippen molar-refractivity contribution in [3.63, 3.8) is 0 Å². The maximum absolute atomic E-state index is 14.3. The van der Waals surface area contributed by atoms with Gasteiger partial charge in [-0.25, -0.2) is 8.78 Å². The average Bonchev–Trinajstić information content (AvgIpc) is 3.30. The topological polar surface area (TPSA) is 62.3 Å². The molecule has 2 heterocycles. The van der Waals surface area contributed by atoms with Crippen LogP contribution in [0.2, 0.25) is 0 Å². The van der Waals surface area contributed by atoms with Gasteiger partial charge in [-0.1, -0.05) is 13.0 Å². The number of nitrogens with zero attached hydrogens (tertiary/aromatic N) is 3. The Balaban J connectivity index is 1.65. The first-order chi connectivity index (χ1) is 16.9. The number of hydrogen-bond acceptors (Lipinski definition) is 5. The number of carbonyl (C=O) groups is 2. The van der Waals surface area contributed by atoms with Crippen LogP contribution < -0.4 is 14.4 Å². The number of amides is 2. The quantitative estimate of drug-likeness (QED) is 0.660. The lowest BCUT2D eigenvalue weighted by atomic mass is 10.1. The first-order valence-corrected chi connectivity index (χ1v) is 12.0. The molecule has 0 spiro atoms. The van der Waals surface area contributed by atoms with Gasteiger partial charge in [0.1, 0.15) is 0 Å². The number of carbonyl (C=O) groups excluding carboxylic acids is 2. The van der Waals surface area contributed by atoms with Gasteiger partial charge in [0.15, 0.2) is 23.1 Å². The van der Waals surface area contributed by atoms with E-state index >= 15 is 0 Å². The summed E-state index contributed by atoms with van der Waals surface area (Å²) in [5.74, 6) is -1.09. The standard InChI is InChI=1S/C26H31F2N3O4/c1-3-25(32)31-11-5-9-29(2)8-4-10-30(16-19-14-20(27)21(28)15-22(19)31)26(33)13-18-6-7-23-24(12-18)35-17-34-23/h6-7,12,14-15H,3-5,8-11,13,16-17H2,1-2H3. The minimum atomic E-state index is -1.01. The predicted octanol–water partition coefficient (Wildman–Crippen LogP) is 3.73. The van der Waals surface area contributed by atoms with Crippen molar-refractivity contribution in [3.05, 3.63) is 53.1 Å². The average molecular weight is 488 g/mol. The normalized spacial score (nSPS) is 16.9. The Morgan fingerprint density at radius 3 is 2.40 bits per heavy atom. The minimum absolute atomic E-state index is 0.0765. The van der Waals surface area contributed by atoms with E-state index in [0.29, 0.717) is 42.3 Å². The summed E-state index contributed by atoms with van der Waals surface area (Å²) in [6, 6.07) is 7.57. The van der Waals surface area contributed by atoms with E-state index in [-0.39, 0.29) is 38.0 Å². The SMILES string of the molecule is CCC(=O)N1CCCN(C)CCCN(C(=O)Cc2ccc3c(c2)OCO3)Cc2cc(F)c(F)cc21. The number of ether oxygens (including phenoxy) is 2. The summed E-state index contributed by atoms with van der Waals surface area (Å²) in [7, 11) is 2.00. The molecule has 0 saturated carbocycles. The van der Waals surface area contributed by atoms with Crippen molar-refractivity contribution in [1.29, 1.82) is 0 Å². The van der Waals surface area contributed by atoms with Crippen molar-refractivity contribution in [2.45, 2.75) is 39.2 Å². The number of rotatable bonds is 3. The van der Waals surface area contributed by atoms with E-state index < -0.39 is 11.6 Å². The van der Waals surface area contributed by atoms with E-state index in [2.05, 4.69) is 4.90 Å². The van der Waals surface area contributed by atoms with Gasteiger partial charge in [-0.2, -0.15) is 0 Å². The molecule has 2 aromatic rings. The molecule has 0 aliphatic carbocycles. The van der Waals surface area contributed by atoms with Gasteiger partial charge in [-0.15, -0.1) is 0 Å². The van der Waals surface area contributed by atoms with Crippen LogP contribution in [0.25, 0.3) is 0 Å². The summed E-state index contributed by atoms with van der Waals surface area (Å²) in [4.78, 5) is 31.5. The zero-order chi connectivity index (χ0) is 24.9. The second-order valence-corrected chi connectivity index (χ2v) is 8.98. The van der Waals surface area contributed by atoms with E-state index in [4.69, 9.17) is 9.47 Å². The van der Waals surface area contributed by atoms with Gasteiger partial charge in [0.05, 0.1) is 12.1 Å². The molecular weight excluding hydrogens is 456 g/mol. The van der Waals surface area contributed by atoms with E-state index in [1.165, 1.54) is 4.90 Å². The van der Waals surface area contributed by atoms with Gasteiger partial charge in [0.2, 0.25) is 18.6 Å². The fourth-order valence-electron chi connectivity index (χ4n) is 4.50. The Bertz CT molecular complexity index is 1090. The number of halogens is 2. The largest absolute Gasteiger partial charge is 0.454 e. The molecule has 35 heavy (non-hydrogen) atoms. The highest BCUT2D eigenvalue weighted by Gasteiger charge is 2.24. The molecule has 0 unspecified atom stereocenters. The van der Waals surface area contributed by atoms with E-state index in [9.17, 15) is 18.4 Å². The predicted molar refractivity (Wildman–Crippen MR) is 127 cm³/mol. The molecule has 0 radical (unpaired) electrons. The van der Waals surface area contributed by atoms with Gasteiger partial charge in [0.25, 0.3) is 0 Å². The number of hydrogen-bond donors (Lipinski definition) is 0. The van der Waals surface area contributed by atoms with Crippen molar-refractivity contribution in [2.24, 2.45) is 0 Å². The first kappa shape index (κ1) is 24.9. The van der Waals surface area contributed by atoms with Crippen molar-refractivity contribution < 1.29 is 27.8 Å². The van der Waals surface area contributed by atoms with Crippen LogP contribution in [-0.2, 0) is 22.6 Å². The second-order valence-electron chi connectivity index (χ2n) is 8.98. The number of anilines is 1. The minimum Gasteiger partial charge on any atom is -0.454 e. The van der Waals surface area contributed by atoms with Gasteiger partial charge in [-0.3, -0.25) is 9.59 Å². The molecule has 0 N–H and O–H groups in total. The molecule has 0 saturated heterocycles. The summed E-state index contributed by atoms with van der Waals surface area (Å²) in [5, 5.41) is 0. The van der Waals surface area contributed by atoms with Crippen LogP contribution >= 0.6 is 0 Å². The van der Waals surface area contributed by atoms with Crippen LogP contribution in [0.3, 0.4) is 0 Å². The van der Waals surface area contributed by atoms with E-state index in [0.717, 1.165) is 37.2 Å². The fraction of sp³-hybridized carbons (Fsp3) is 0.462. The van der Waals surface area contributed by atoms with Crippen molar-refractivity contribution in [2.75, 3.05) is 44.9 Å². The highest BCUT2D eigenvalue weighted by Crippen LogP contribution is 2.33. The summed E-state index contributed by atoms with van der Waals surface area (Å²) in [6.45, 7) is 4.34. The molecule has 0 aromatic heterocycles. The van der Waals surface area contributed by atoms with E-state index in [1.54, 1.807) is 24.0 Å². The lowest BCUT2D eigenvalue weighted by Gasteiger charge is -2.31. The lowest BCUT2D eigenvalue weighted by Crippen LogP contribution is -2.38. The third-order valence-corrected chi connectivity index (χ3v) is 6.41. The molecule has 2 aromatic carbocycles. The number of benzene rings is 2. The second kappa shape index (κ2) is 11.0. The smallest absolute Gasteiger partial charge is 0.231 e. The van der Waals surface area contributed by atoms with Crippen LogP contribution in [0.4, 0.5) is 14.5 Å². The molecule has 2 amide bonds. The molecule has 0 fully saturated rings. The van der Waals surface area contributed by atoms with Gasteiger partial charge >= 0.3 is 0 Å². The number of fused-ring (bicyclic) bond motifs is 2. The Morgan fingerprint density at radius 1 is 0.914 bits per heavy atom. The van der Waals surface area contributed by atoms with Gasteiger partial charge < -0.3 is 24.2 Å². The maximum atomic E-state index is 14.3. The third kappa shape index (κ3) is 5.90. The van der Waals surface area contributed by atoms with Crippen LogP contribution in [-0.4, -0.2) is 61.6 Å². The van der Waals surface area contributed by atoms with Crippen molar-refractivity contribution >= 4 is 17.5 Å². The van der Waals surface area contributed by atoms with Crippen molar-refractivity contribution in [1.82, 2.24) is 9.80 Å². The highest BCUT2D eigenvalue weighted by molar-refractivity contribution is 5.94. The van der Waals surface area contributed by atoms with E-state index in [1.807, 2.05) is 13.1 Å². The summed E-state index contributed by atoms with van der Waals surface area (Å²) >= 11 is 0. The molecule has 0 bridgehead atoms. The molecule has 0 atom stereocenters. The van der Waals surface area contributed by atoms with Crippen LogP contribution in [0.1, 0.15) is 37.3 Å². The molecule has 188 valence electrons.